The lowest BCUT2D eigenvalue weighted by molar-refractivity contribution is -0.137. The Balaban J connectivity index is 0.000000358. The number of rotatable bonds is 17. The van der Waals surface area contributed by atoms with Crippen molar-refractivity contribution in [2.45, 2.75) is 115 Å². The van der Waals surface area contributed by atoms with Crippen LogP contribution in [0.4, 0.5) is 0 Å². The molecule has 0 amide bonds. The van der Waals surface area contributed by atoms with Crippen LogP contribution >= 0.6 is 0 Å². The normalized spacial score (nSPS) is 11.2. The molecule has 0 atom stereocenters. The van der Waals surface area contributed by atoms with Gasteiger partial charge in [-0.05, 0) is 17.9 Å². The second kappa shape index (κ2) is 18.4. The van der Waals surface area contributed by atoms with Crippen LogP contribution in [0.1, 0.15) is 110 Å². The predicted octanol–water partition coefficient (Wildman–Crippen LogP) is 8.42. The van der Waals surface area contributed by atoms with E-state index in [2.05, 4.69) is 6.92 Å². The molecule has 5 nitrogen and oxygen atoms in total. The molecule has 0 heterocycles. The van der Waals surface area contributed by atoms with E-state index in [4.69, 9.17) is 9.66 Å². The van der Waals surface area contributed by atoms with Crippen molar-refractivity contribution < 1.29 is 22.9 Å². The first-order valence-electron chi connectivity index (χ1n) is 13.0. The van der Waals surface area contributed by atoms with Gasteiger partial charge >= 0.3 is 5.97 Å². The molecule has 2 rings (SSSR count). The molecule has 0 fully saturated rings. The first kappa shape index (κ1) is 30.1. The van der Waals surface area contributed by atoms with Gasteiger partial charge < -0.3 is 5.11 Å². The molecule has 2 aromatic carbocycles. The van der Waals surface area contributed by atoms with E-state index < -0.39 is 16.1 Å². The number of carbonyl (C=O) groups is 1. The molecule has 0 bridgehead atoms. The molecule has 0 radical (unpaired) electrons. The maximum absolute atomic E-state index is 11.0. The molecule has 2 aromatic rings. The van der Waals surface area contributed by atoms with Crippen LogP contribution in [0.2, 0.25) is 0 Å². The lowest BCUT2D eigenvalue weighted by Crippen LogP contribution is -1.98. The molecule has 34 heavy (non-hydrogen) atoms. The summed E-state index contributed by atoms with van der Waals surface area (Å²) in [7, 11) is -4.13. The first-order valence-corrected chi connectivity index (χ1v) is 14.5. The molecule has 6 heteroatoms. The number of aliphatic carboxylic acids is 1. The maximum atomic E-state index is 11.0. The summed E-state index contributed by atoms with van der Waals surface area (Å²) in [5, 5.41) is 9.85. The lowest BCUT2D eigenvalue weighted by Gasteiger charge is -2.03. The van der Waals surface area contributed by atoms with Crippen molar-refractivity contribution in [3.8, 4) is 0 Å². The summed E-state index contributed by atoms with van der Waals surface area (Å²) in [5.74, 6) is -0.653. The Morgan fingerprint density at radius 1 is 0.676 bits per heavy atom. The largest absolute Gasteiger partial charge is 0.481 e. The Kier molecular flexibility index (Phi) is 16.3. The molecule has 0 unspecified atom stereocenters. The van der Waals surface area contributed by atoms with Crippen LogP contribution in [0, 0.1) is 0 Å². The molecule has 192 valence electrons. The number of hydrogen-bond acceptors (Lipinski definition) is 3. The minimum absolute atomic E-state index is 0.0457. The Hall–Kier alpha value is -1.92. The van der Waals surface area contributed by atoms with Gasteiger partial charge in [0.2, 0.25) is 0 Å². The van der Waals surface area contributed by atoms with Gasteiger partial charge in [-0.2, -0.15) is 8.42 Å². The smallest absolute Gasteiger partial charge is 0.303 e. The fourth-order valence-electron chi connectivity index (χ4n) is 4.07. The van der Waals surface area contributed by atoms with E-state index in [0.29, 0.717) is 11.8 Å². The van der Waals surface area contributed by atoms with Crippen LogP contribution in [0.5, 0.6) is 0 Å². The predicted molar refractivity (Wildman–Crippen MR) is 141 cm³/mol. The molecule has 0 aliphatic rings. The molecular weight excluding hydrogens is 448 g/mol. The molecule has 0 saturated heterocycles. The summed E-state index contributed by atoms with van der Waals surface area (Å²) in [6.07, 6.45) is 20.2. The molecular formula is C28H44O5S. The topological polar surface area (TPSA) is 91.7 Å². The number of hydrogen-bond donors (Lipinski definition) is 2. The van der Waals surface area contributed by atoms with Gasteiger partial charge in [-0.3, -0.25) is 9.35 Å². The molecule has 0 saturated carbocycles. The Morgan fingerprint density at radius 2 is 1.12 bits per heavy atom. The molecule has 0 aliphatic carbocycles. The highest BCUT2D eigenvalue weighted by atomic mass is 32.2. The molecule has 0 aromatic heterocycles. The summed E-state index contributed by atoms with van der Waals surface area (Å²) < 4.78 is 31.0. The van der Waals surface area contributed by atoms with Gasteiger partial charge in [0, 0.05) is 11.8 Å². The maximum Gasteiger partial charge on any atom is 0.303 e. The van der Waals surface area contributed by atoms with Crippen LogP contribution in [-0.2, 0) is 14.9 Å². The van der Waals surface area contributed by atoms with Crippen molar-refractivity contribution in [3.05, 3.63) is 42.5 Å². The first-order chi connectivity index (χ1) is 16.4. The van der Waals surface area contributed by atoms with Crippen LogP contribution in [-0.4, -0.2) is 24.0 Å². The van der Waals surface area contributed by atoms with Gasteiger partial charge in [0.25, 0.3) is 10.1 Å². The van der Waals surface area contributed by atoms with Crippen molar-refractivity contribution >= 4 is 26.9 Å². The minimum Gasteiger partial charge on any atom is -0.481 e. The van der Waals surface area contributed by atoms with Gasteiger partial charge in [-0.1, -0.05) is 133 Å². The monoisotopic (exact) mass is 492 g/mol. The lowest BCUT2D eigenvalue weighted by atomic mass is 10.0. The van der Waals surface area contributed by atoms with E-state index in [9.17, 15) is 13.2 Å². The fraction of sp³-hybridized carbons (Fsp3) is 0.607. The third kappa shape index (κ3) is 14.4. The number of fused-ring (bicyclic) bond motifs is 1. The van der Waals surface area contributed by atoms with Crippen molar-refractivity contribution in [1.29, 1.82) is 0 Å². The second-order valence-corrected chi connectivity index (χ2v) is 10.4. The highest BCUT2D eigenvalue weighted by Gasteiger charge is 2.12. The van der Waals surface area contributed by atoms with E-state index in [1.807, 2.05) is 6.07 Å². The van der Waals surface area contributed by atoms with E-state index in [1.54, 1.807) is 30.3 Å². The number of unbranched alkanes of at least 4 members (excludes halogenated alkanes) is 14. The summed E-state index contributed by atoms with van der Waals surface area (Å²) in [6.45, 7) is 2.27. The van der Waals surface area contributed by atoms with E-state index >= 15 is 0 Å². The van der Waals surface area contributed by atoms with E-state index in [0.717, 1.165) is 18.2 Å². The molecule has 2 N–H and O–H groups in total. The van der Waals surface area contributed by atoms with Gasteiger partial charge in [0.05, 0.1) is 0 Å². The van der Waals surface area contributed by atoms with Gasteiger partial charge in [-0.15, -0.1) is 0 Å². The highest BCUT2D eigenvalue weighted by Crippen LogP contribution is 2.22. The Bertz CT molecular complexity index is 903. The second-order valence-electron chi connectivity index (χ2n) is 9.05. The zero-order valence-corrected chi connectivity index (χ0v) is 21.7. The van der Waals surface area contributed by atoms with E-state index in [-0.39, 0.29) is 4.90 Å². The van der Waals surface area contributed by atoms with Gasteiger partial charge in [0.1, 0.15) is 4.90 Å². The third-order valence-electron chi connectivity index (χ3n) is 6.02. The Labute approximate surface area is 206 Å². The van der Waals surface area contributed by atoms with Gasteiger partial charge in [0.15, 0.2) is 0 Å². The average Bonchev–Trinajstić information content (AvgIpc) is 2.81. The third-order valence-corrected chi connectivity index (χ3v) is 6.93. The summed E-state index contributed by atoms with van der Waals surface area (Å²) in [4.78, 5) is 10.3. The summed E-state index contributed by atoms with van der Waals surface area (Å²) >= 11 is 0. The van der Waals surface area contributed by atoms with Gasteiger partial charge in [-0.25, -0.2) is 0 Å². The average molecular weight is 493 g/mol. The van der Waals surface area contributed by atoms with Crippen LogP contribution in [0.3, 0.4) is 0 Å². The van der Waals surface area contributed by atoms with E-state index in [1.165, 1.54) is 89.5 Å². The standard InChI is InChI=1S/C18H36O2.C10H8O3S/c1-2-3-4-5-6-7-8-9-10-11-12-13-14-15-16-17-18(19)20;11-14(12,13)10-7-3-5-8-4-1-2-6-9(8)10/h2-17H2,1H3,(H,19,20);1-7H,(H,11,12,13). The summed E-state index contributed by atoms with van der Waals surface area (Å²) in [5.41, 5.74) is 0. The number of benzene rings is 2. The van der Waals surface area contributed by atoms with Crippen LogP contribution < -0.4 is 0 Å². The van der Waals surface area contributed by atoms with Crippen LogP contribution in [0.25, 0.3) is 10.8 Å². The zero-order valence-electron chi connectivity index (χ0n) is 20.9. The summed E-state index contributed by atoms with van der Waals surface area (Å²) in [6, 6.07) is 11.8. The zero-order chi connectivity index (χ0) is 25.1. The minimum atomic E-state index is -4.13. The van der Waals surface area contributed by atoms with Crippen molar-refractivity contribution in [2.75, 3.05) is 0 Å². The molecule has 0 aliphatic heterocycles. The van der Waals surface area contributed by atoms with Crippen LogP contribution in [0.15, 0.2) is 47.4 Å². The number of carboxylic acid groups (broad SMARTS) is 1. The SMILES string of the molecule is CCCCCCCCCCCCCCCCCC(=O)O.O=S(=O)(O)c1cccc2ccccc12. The highest BCUT2D eigenvalue weighted by molar-refractivity contribution is 7.86. The van der Waals surface area contributed by atoms with Crippen molar-refractivity contribution in [2.24, 2.45) is 0 Å². The number of carboxylic acids is 1. The molecule has 0 spiro atoms. The Morgan fingerprint density at radius 3 is 1.59 bits per heavy atom. The fourth-order valence-corrected chi connectivity index (χ4v) is 4.78. The van der Waals surface area contributed by atoms with Crippen molar-refractivity contribution in [3.63, 3.8) is 0 Å². The van der Waals surface area contributed by atoms with Crippen molar-refractivity contribution in [1.82, 2.24) is 0 Å². The quantitative estimate of drug-likeness (QED) is 0.171.